The van der Waals surface area contributed by atoms with Crippen LogP contribution in [-0.2, 0) is 4.74 Å². The van der Waals surface area contributed by atoms with E-state index in [4.69, 9.17) is 0 Å². The summed E-state index contributed by atoms with van der Waals surface area (Å²) in [6.07, 6.45) is -6.45. The van der Waals surface area contributed by atoms with Gasteiger partial charge in [0.15, 0.2) is 6.10 Å². The van der Waals surface area contributed by atoms with E-state index in [0.29, 0.717) is 5.56 Å². The Labute approximate surface area is 113 Å². The van der Waals surface area contributed by atoms with Gasteiger partial charge in [0, 0.05) is 12.1 Å². The lowest BCUT2D eigenvalue weighted by Crippen LogP contribution is -2.51. The summed E-state index contributed by atoms with van der Waals surface area (Å²) in [5.41, 5.74) is 0.757. The first kappa shape index (κ1) is 14.6. The molecule has 20 heavy (non-hydrogen) atoms. The lowest BCUT2D eigenvalue weighted by atomic mass is 10.1. The van der Waals surface area contributed by atoms with E-state index >= 15 is 0 Å². The van der Waals surface area contributed by atoms with Crippen molar-refractivity contribution in [3.8, 4) is 5.75 Å². The minimum Gasteiger partial charge on any atom is -0.508 e. The highest BCUT2D eigenvalue weighted by Gasteiger charge is 2.44. The fourth-order valence-corrected chi connectivity index (χ4v) is 1.96. The molecule has 0 unspecified atom stereocenters. The van der Waals surface area contributed by atoms with Crippen LogP contribution < -0.4 is 0 Å². The highest BCUT2D eigenvalue weighted by atomic mass is 19.4. The predicted molar refractivity (Wildman–Crippen MR) is 64.5 cm³/mol. The van der Waals surface area contributed by atoms with Gasteiger partial charge in [-0.15, -0.1) is 0 Å². The molecule has 110 valence electrons. The van der Waals surface area contributed by atoms with Crippen molar-refractivity contribution in [2.75, 3.05) is 19.7 Å². The van der Waals surface area contributed by atoms with E-state index in [2.05, 4.69) is 4.74 Å². The van der Waals surface area contributed by atoms with Crippen LogP contribution in [0.1, 0.15) is 15.9 Å². The van der Waals surface area contributed by atoms with Crippen LogP contribution in [0.2, 0.25) is 0 Å². The van der Waals surface area contributed by atoms with Crippen molar-refractivity contribution in [2.45, 2.75) is 19.2 Å². The Hall–Kier alpha value is -1.76. The highest BCUT2D eigenvalue weighted by molar-refractivity contribution is 5.94. The van der Waals surface area contributed by atoms with Crippen molar-refractivity contribution in [2.24, 2.45) is 0 Å². The van der Waals surface area contributed by atoms with Crippen LogP contribution in [0.15, 0.2) is 18.2 Å². The number of hydrogen-bond donors (Lipinski definition) is 1. The number of carbonyl (C=O) groups is 1. The Morgan fingerprint density at radius 2 is 2.15 bits per heavy atom. The number of nitrogens with zero attached hydrogens (tertiary/aromatic N) is 1. The molecule has 0 aromatic heterocycles. The second-order valence-electron chi connectivity index (χ2n) is 4.65. The van der Waals surface area contributed by atoms with Crippen molar-refractivity contribution in [1.29, 1.82) is 0 Å². The standard InChI is InChI=1S/C13H14F3NO3/c1-8-2-3-9(6-10(8)18)12(19)17-4-5-20-11(7-17)13(14,15)16/h2-3,6,11,18H,4-5,7H2,1H3/t11-/m1/s1. The summed E-state index contributed by atoms with van der Waals surface area (Å²) in [4.78, 5) is 13.2. The molecule has 1 aromatic rings. The lowest BCUT2D eigenvalue weighted by molar-refractivity contribution is -0.233. The van der Waals surface area contributed by atoms with E-state index in [9.17, 15) is 23.1 Å². The molecule has 0 aliphatic carbocycles. The minimum atomic E-state index is -4.49. The Balaban J connectivity index is 2.14. The average Bonchev–Trinajstić information content (AvgIpc) is 2.40. The van der Waals surface area contributed by atoms with Crippen molar-refractivity contribution >= 4 is 5.91 Å². The van der Waals surface area contributed by atoms with Crippen LogP contribution in [-0.4, -0.2) is 47.9 Å². The van der Waals surface area contributed by atoms with E-state index < -0.39 is 24.7 Å². The van der Waals surface area contributed by atoms with Crippen LogP contribution in [0.5, 0.6) is 5.75 Å². The van der Waals surface area contributed by atoms with Gasteiger partial charge in [-0.25, -0.2) is 0 Å². The zero-order valence-electron chi connectivity index (χ0n) is 10.8. The first-order chi connectivity index (χ1) is 9.29. The first-order valence-corrected chi connectivity index (χ1v) is 6.06. The van der Waals surface area contributed by atoms with Gasteiger partial charge >= 0.3 is 6.18 Å². The van der Waals surface area contributed by atoms with E-state index in [-0.39, 0.29) is 24.5 Å². The Kier molecular flexibility index (Phi) is 3.89. The van der Waals surface area contributed by atoms with Gasteiger partial charge in [0.25, 0.3) is 5.91 Å². The zero-order valence-corrected chi connectivity index (χ0v) is 10.8. The Morgan fingerprint density at radius 1 is 1.45 bits per heavy atom. The molecule has 1 atom stereocenters. The van der Waals surface area contributed by atoms with Crippen LogP contribution in [0.3, 0.4) is 0 Å². The number of aryl methyl sites for hydroxylation is 1. The molecule has 2 rings (SSSR count). The number of halogens is 3. The molecule has 1 fully saturated rings. The number of phenols is 1. The summed E-state index contributed by atoms with van der Waals surface area (Å²) in [5, 5.41) is 9.55. The maximum absolute atomic E-state index is 12.6. The molecule has 1 saturated heterocycles. The fraction of sp³-hybridized carbons (Fsp3) is 0.462. The number of morpholine rings is 1. The minimum absolute atomic E-state index is 0.0588. The molecule has 4 nitrogen and oxygen atoms in total. The summed E-state index contributed by atoms with van der Waals surface area (Å²) in [5.74, 6) is -0.602. The van der Waals surface area contributed by atoms with Crippen LogP contribution in [0, 0.1) is 6.92 Å². The molecular formula is C13H14F3NO3. The van der Waals surface area contributed by atoms with Gasteiger partial charge in [0.1, 0.15) is 5.75 Å². The molecule has 1 aliphatic rings. The third kappa shape index (κ3) is 3.04. The van der Waals surface area contributed by atoms with Crippen molar-refractivity contribution in [3.05, 3.63) is 29.3 Å². The van der Waals surface area contributed by atoms with Gasteiger partial charge in [0.2, 0.25) is 0 Å². The van der Waals surface area contributed by atoms with Gasteiger partial charge in [-0.3, -0.25) is 4.79 Å². The van der Waals surface area contributed by atoms with E-state index in [0.717, 1.165) is 4.90 Å². The number of phenolic OH excluding ortho intramolecular Hbond substituents is 1. The summed E-state index contributed by atoms with van der Waals surface area (Å²) in [6.45, 7) is 1.07. The second-order valence-corrected chi connectivity index (χ2v) is 4.65. The van der Waals surface area contributed by atoms with Crippen LogP contribution in [0.25, 0.3) is 0 Å². The third-order valence-corrected chi connectivity index (χ3v) is 3.17. The molecule has 7 heteroatoms. The van der Waals surface area contributed by atoms with Crippen molar-refractivity contribution in [3.63, 3.8) is 0 Å². The zero-order chi connectivity index (χ0) is 14.9. The molecule has 0 spiro atoms. The summed E-state index contributed by atoms with van der Waals surface area (Å²) < 4.78 is 42.4. The predicted octanol–water partition coefficient (Wildman–Crippen LogP) is 2.10. The van der Waals surface area contributed by atoms with Gasteiger partial charge in [-0.1, -0.05) is 6.07 Å². The monoisotopic (exact) mass is 289 g/mol. The number of ether oxygens (including phenoxy) is 1. The quantitative estimate of drug-likeness (QED) is 0.861. The number of alkyl halides is 3. The van der Waals surface area contributed by atoms with E-state index in [1.165, 1.54) is 12.1 Å². The number of hydrogen-bond acceptors (Lipinski definition) is 3. The maximum atomic E-state index is 12.6. The van der Waals surface area contributed by atoms with Gasteiger partial charge < -0.3 is 14.7 Å². The van der Waals surface area contributed by atoms with E-state index in [1.807, 2.05) is 0 Å². The second kappa shape index (κ2) is 5.32. The summed E-state index contributed by atoms with van der Waals surface area (Å²) in [7, 11) is 0. The first-order valence-electron chi connectivity index (χ1n) is 6.06. The van der Waals surface area contributed by atoms with E-state index in [1.54, 1.807) is 13.0 Å². The molecule has 0 radical (unpaired) electrons. The SMILES string of the molecule is Cc1ccc(C(=O)N2CCO[C@@H](C(F)(F)F)C2)cc1O. The molecule has 0 bridgehead atoms. The van der Waals surface area contributed by atoms with Gasteiger partial charge in [-0.05, 0) is 24.6 Å². The molecular weight excluding hydrogens is 275 g/mol. The largest absolute Gasteiger partial charge is 0.508 e. The summed E-state index contributed by atoms with van der Waals surface area (Å²) in [6, 6.07) is 4.29. The normalized spacial score (nSPS) is 20.0. The van der Waals surface area contributed by atoms with Gasteiger partial charge in [-0.2, -0.15) is 13.2 Å². The topological polar surface area (TPSA) is 49.8 Å². The number of amides is 1. The average molecular weight is 289 g/mol. The van der Waals surface area contributed by atoms with Crippen molar-refractivity contribution < 1.29 is 27.8 Å². The van der Waals surface area contributed by atoms with Crippen molar-refractivity contribution in [1.82, 2.24) is 4.90 Å². The number of rotatable bonds is 1. The Morgan fingerprint density at radius 3 is 2.75 bits per heavy atom. The summed E-state index contributed by atoms with van der Waals surface area (Å²) >= 11 is 0. The third-order valence-electron chi connectivity index (χ3n) is 3.17. The molecule has 1 heterocycles. The lowest BCUT2D eigenvalue weighted by Gasteiger charge is -2.33. The molecule has 0 saturated carbocycles. The number of benzene rings is 1. The van der Waals surface area contributed by atoms with Crippen LogP contribution in [0.4, 0.5) is 13.2 Å². The molecule has 1 aliphatic heterocycles. The highest BCUT2D eigenvalue weighted by Crippen LogP contribution is 2.27. The number of carbonyl (C=O) groups excluding carboxylic acids is 1. The maximum Gasteiger partial charge on any atom is 0.416 e. The smallest absolute Gasteiger partial charge is 0.416 e. The Bertz CT molecular complexity index is 516. The van der Waals surface area contributed by atoms with Gasteiger partial charge in [0.05, 0.1) is 13.2 Å². The molecule has 1 N–H and O–H groups in total. The molecule has 1 amide bonds. The fourth-order valence-electron chi connectivity index (χ4n) is 1.96. The van der Waals surface area contributed by atoms with Crippen LogP contribution >= 0.6 is 0 Å². The number of aromatic hydroxyl groups is 1. The molecule has 1 aromatic carbocycles.